The van der Waals surface area contributed by atoms with Crippen LogP contribution in [0, 0.1) is 0 Å². The van der Waals surface area contributed by atoms with E-state index < -0.39 is 0 Å². The molecule has 0 atom stereocenters. The molecule has 2 heterocycles. The summed E-state index contributed by atoms with van der Waals surface area (Å²) in [4.78, 5) is 8.67. The predicted molar refractivity (Wildman–Crippen MR) is 69.4 cm³/mol. The highest BCUT2D eigenvalue weighted by Crippen LogP contribution is 2.25. The summed E-state index contributed by atoms with van der Waals surface area (Å²) in [5.41, 5.74) is 2.70. The summed E-state index contributed by atoms with van der Waals surface area (Å²) in [5.74, 6) is 0. The quantitative estimate of drug-likeness (QED) is 0.865. The molecule has 2 aromatic heterocycles. The van der Waals surface area contributed by atoms with Gasteiger partial charge < -0.3 is 5.32 Å². The first kappa shape index (κ1) is 10.7. The van der Waals surface area contributed by atoms with Gasteiger partial charge in [-0.2, -0.15) is 0 Å². The minimum Gasteiger partial charge on any atom is -0.336 e. The molecule has 0 bridgehead atoms. The average molecular weight is 300 g/mol. The molecule has 0 fully saturated rings. The van der Waals surface area contributed by atoms with Gasteiger partial charge in [-0.15, -0.1) is 11.3 Å². The van der Waals surface area contributed by atoms with E-state index in [0.717, 1.165) is 15.2 Å². The second-order valence-electron chi connectivity index (χ2n) is 2.66. The number of aromatic nitrogens is 2. The van der Waals surface area contributed by atoms with Crippen LogP contribution in [-0.2, 0) is 0 Å². The van der Waals surface area contributed by atoms with Crippen molar-refractivity contribution in [1.82, 2.24) is 9.97 Å². The number of hydrogen-bond donors (Lipinski definition) is 1. The molecule has 0 saturated carbocycles. The normalized spacial score (nSPS) is 9.93. The molecule has 0 saturated heterocycles. The van der Waals surface area contributed by atoms with Crippen LogP contribution in [0.5, 0.6) is 0 Å². The third kappa shape index (κ3) is 2.58. The fourth-order valence-electron chi connectivity index (χ4n) is 0.992. The zero-order valence-electron chi connectivity index (χ0n) is 7.48. The Balaban J connectivity index is 2.15. The van der Waals surface area contributed by atoms with Gasteiger partial charge in [-0.3, -0.25) is 4.98 Å². The Morgan fingerprint density at radius 3 is 2.73 bits per heavy atom. The Morgan fingerprint density at radius 1 is 1.40 bits per heavy atom. The van der Waals surface area contributed by atoms with Gasteiger partial charge in [0.15, 0.2) is 0 Å². The number of halogens is 1. The largest absolute Gasteiger partial charge is 0.336 e. The zero-order chi connectivity index (χ0) is 10.7. The molecule has 6 heteroatoms. The molecule has 0 amide bonds. The number of thiazole rings is 1. The molecule has 3 nitrogen and oxygen atoms in total. The fraction of sp³-hybridized carbons (Fsp3) is 0. The first-order valence-corrected chi connectivity index (χ1v) is 6.16. The molecular formula is C9H6BrN3S2. The van der Waals surface area contributed by atoms with Gasteiger partial charge in [0, 0.05) is 18.0 Å². The zero-order valence-corrected chi connectivity index (χ0v) is 10.7. The molecule has 0 aromatic carbocycles. The number of nitrogens with zero attached hydrogens (tertiary/aromatic N) is 2. The second-order valence-corrected chi connectivity index (χ2v) is 4.68. The summed E-state index contributed by atoms with van der Waals surface area (Å²) in [5, 5.41) is 4.03. The van der Waals surface area contributed by atoms with Crippen LogP contribution in [0.1, 0.15) is 5.56 Å². The molecule has 0 aliphatic rings. The summed E-state index contributed by atoms with van der Waals surface area (Å²) in [7, 11) is 0. The topological polar surface area (TPSA) is 37.8 Å². The summed E-state index contributed by atoms with van der Waals surface area (Å²) in [6.07, 6.45) is 3.43. The number of anilines is 1. The van der Waals surface area contributed by atoms with Gasteiger partial charge >= 0.3 is 0 Å². The van der Waals surface area contributed by atoms with Crippen LogP contribution < -0.4 is 5.32 Å². The highest BCUT2D eigenvalue weighted by atomic mass is 79.9. The van der Waals surface area contributed by atoms with Gasteiger partial charge in [-0.25, -0.2) is 4.98 Å². The van der Waals surface area contributed by atoms with Crippen molar-refractivity contribution in [2.24, 2.45) is 0 Å². The van der Waals surface area contributed by atoms with Crippen molar-refractivity contribution in [3.05, 3.63) is 40.2 Å². The predicted octanol–water partition coefficient (Wildman–Crippen LogP) is 3.09. The summed E-state index contributed by atoms with van der Waals surface area (Å²) in [6.45, 7) is 0. The molecule has 76 valence electrons. The van der Waals surface area contributed by atoms with E-state index in [0.29, 0.717) is 4.99 Å². The molecule has 0 aliphatic heterocycles. The molecule has 0 radical (unpaired) electrons. The molecule has 0 aliphatic carbocycles. The van der Waals surface area contributed by atoms with E-state index in [1.807, 2.05) is 12.1 Å². The molecule has 15 heavy (non-hydrogen) atoms. The fourth-order valence-corrected chi connectivity index (χ4v) is 2.49. The van der Waals surface area contributed by atoms with E-state index in [2.05, 4.69) is 31.2 Å². The van der Waals surface area contributed by atoms with E-state index in [4.69, 9.17) is 12.2 Å². The van der Waals surface area contributed by atoms with E-state index >= 15 is 0 Å². The van der Waals surface area contributed by atoms with Crippen LogP contribution in [0.25, 0.3) is 0 Å². The lowest BCUT2D eigenvalue weighted by atomic mass is 10.3. The Morgan fingerprint density at radius 2 is 2.13 bits per heavy atom. The number of pyridine rings is 1. The first-order valence-electron chi connectivity index (χ1n) is 4.08. The smallest absolute Gasteiger partial charge is 0.140 e. The lowest BCUT2D eigenvalue weighted by molar-refractivity contribution is 1.32. The van der Waals surface area contributed by atoms with Crippen molar-refractivity contribution in [3.63, 3.8) is 0 Å². The Hall–Kier alpha value is -0.850. The van der Waals surface area contributed by atoms with E-state index in [1.54, 1.807) is 17.9 Å². The maximum atomic E-state index is 5.25. The second kappa shape index (κ2) is 4.78. The number of rotatable bonds is 2. The van der Waals surface area contributed by atoms with Crippen LogP contribution in [-0.4, -0.2) is 15.0 Å². The molecular weight excluding hydrogens is 294 g/mol. The SMILES string of the molecule is S=C(Nc1scnc1Br)c1ccncc1. The Kier molecular flexibility index (Phi) is 3.40. The molecule has 0 spiro atoms. The first-order chi connectivity index (χ1) is 7.27. The lowest BCUT2D eigenvalue weighted by Gasteiger charge is -2.04. The van der Waals surface area contributed by atoms with Crippen molar-refractivity contribution in [2.75, 3.05) is 5.32 Å². The number of nitrogens with one attached hydrogen (secondary N) is 1. The van der Waals surface area contributed by atoms with Crippen molar-refractivity contribution in [2.45, 2.75) is 0 Å². The number of hydrogen-bond acceptors (Lipinski definition) is 4. The minimum absolute atomic E-state index is 0.669. The highest BCUT2D eigenvalue weighted by Gasteiger charge is 2.06. The summed E-state index contributed by atoms with van der Waals surface area (Å²) < 4.78 is 0.781. The molecule has 1 N–H and O–H groups in total. The maximum Gasteiger partial charge on any atom is 0.140 e. The Bertz CT molecular complexity index is 469. The van der Waals surface area contributed by atoms with Crippen molar-refractivity contribution >= 4 is 49.5 Å². The minimum atomic E-state index is 0.669. The van der Waals surface area contributed by atoms with Crippen molar-refractivity contribution in [3.8, 4) is 0 Å². The highest BCUT2D eigenvalue weighted by molar-refractivity contribution is 9.10. The van der Waals surface area contributed by atoms with Crippen molar-refractivity contribution in [1.29, 1.82) is 0 Å². The number of thiocarbonyl (C=S) groups is 1. The monoisotopic (exact) mass is 299 g/mol. The van der Waals surface area contributed by atoms with Gasteiger partial charge in [0.2, 0.25) is 0 Å². The van der Waals surface area contributed by atoms with Gasteiger partial charge in [0.25, 0.3) is 0 Å². The van der Waals surface area contributed by atoms with Gasteiger partial charge in [0.05, 0.1) is 5.51 Å². The van der Waals surface area contributed by atoms with Crippen LogP contribution in [0.15, 0.2) is 34.6 Å². The third-order valence-corrected chi connectivity index (χ3v) is 3.64. The molecule has 2 rings (SSSR count). The van der Waals surface area contributed by atoms with Gasteiger partial charge in [-0.1, -0.05) is 12.2 Å². The van der Waals surface area contributed by atoms with Crippen LogP contribution >= 0.6 is 39.5 Å². The van der Waals surface area contributed by atoms with E-state index in [-0.39, 0.29) is 0 Å². The van der Waals surface area contributed by atoms with Crippen LogP contribution in [0.2, 0.25) is 0 Å². The molecule has 2 aromatic rings. The lowest BCUT2D eigenvalue weighted by Crippen LogP contribution is -2.09. The standard InChI is InChI=1S/C9H6BrN3S2/c10-7-9(15-5-12-7)13-8(14)6-1-3-11-4-2-6/h1-5H,(H,13,14). The average Bonchev–Trinajstić information content (AvgIpc) is 2.66. The molecule has 0 unspecified atom stereocenters. The Labute approximate surface area is 105 Å². The van der Waals surface area contributed by atoms with E-state index in [9.17, 15) is 0 Å². The summed E-state index contributed by atoms with van der Waals surface area (Å²) in [6, 6.07) is 3.73. The summed E-state index contributed by atoms with van der Waals surface area (Å²) >= 11 is 10.1. The van der Waals surface area contributed by atoms with Crippen molar-refractivity contribution < 1.29 is 0 Å². The van der Waals surface area contributed by atoms with E-state index in [1.165, 1.54) is 11.3 Å². The maximum absolute atomic E-state index is 5.25. The van der Waals surface area contributed by atoms with Gasteiger partial charge in [-0.05, 0) is 28.1 Å². The van der Waals surface area contributed by atoms with Gasteiger partial charge in [0.1, 0.15) is 14.6 Å². The van der Waals surface area contributed by atoms with Crippen LogP contribution in [0.3, 0.4) is 0 Å². The van der Waals surface area contributed by atoms with Crippen LogP contribution in [0.4, 0.5) is 5.00 Å². The third-order valence-electron chi connectivity index (χ3n) is 1.69.